The molecule has 0 fully saturated rings. The van der Waals surface area contributed by atoms with Gasteiger partial charge >= 0.3 is 11.9 Å². The normalized spacial score (nSPS) is 13.0. The summed E-state index contributed by atoms with van der Waals surface area (Å²) in [5.41, 5.74) is 0.954. The Morgan fingerprint density at radius 2 is 1.00 bits per heavy atom. The number of esters is 2. The van der Waals surface area contributed by atoms with Gasteiger partial charge in [-0.2, -0.15) is 0 Å². The molecule has 158 valence electrons. The smallest absolute Gasteiger partial charge is 0.338 e. The second kappa shape index (κ2) is 14.2. The van der Waals surface area contributed by atoms with Crippen molar-refractivity contribution in [3.05, 3.63) is 35.4 Å². The Kier molecular flexibility index (Phi) is 12.3. The van der Waals surface area contributed by atoms with Crippen LogP contribution in [0.2, 0.25) is 0 Å². The summed E-state index contributed by atoms with van der Waals surface area (Å²) in [5.74, 6) is -0.637. The maximum absolute atomic E-state index is 12.4. The molecule has 0 aliphatic heterocycles. The van der Waals surface area contributed by atoms with Crippen molar-refractivity contribution in [2.75, 3.05) is 0 Å². The van der Waals surface area contributed by atoms with Crippen molar-refractivity contribution in [3.63, 3.8) is 0 Å². The average molecular weight is 391 g/mol. The molecule has 0 N–H and O–H groups in total. The number of carbonyl (C=O) groups excluding carboxylic acids is 2. The van der Waals surface area contributed by atoms with Crippen molar-refractivity contribution in [1.29, 1.82) is 0 Å². The van der Waals surface area contributed by atoms with E-state index >= 15 is 0 Å². The fourth-order valence-corrected chi connectivity index (χ4v) is 3.21. The SMILES string of the molecule is CCCCC(CCC)OC(=O)c1ccc(C(=O)OC(CCC)CCCC)cc1. The molecular weight excluding hydrogens is 352 g/mol. The van der Waals surface area contributed by atoms with Gasteiger partial charge in [0, 0.05) is 0 Å². The molecule has 0 saturated carbocycles. The first kappa shape index (κ1) is 24.2. The van der Waals surface area contributed by atoms with Crippen LogP contribution in [0.5, 0.6) is 0 Å². The maximum Gasteiger partial charge on any atom is 0.338 e. The van der Waals surface area contributed by atoms with Gasteiger partial charge in [0.15, 0.2) is 0 Å². The van der Waals surface area contributed by atoms with Gasteiger partial charge in [0.05, 0.1) is 11.1 Å². The van der Waals surface area contributed by atoms with E-state index in [1.54, 1.807) is 24.3 Å². The lowest BCUT2D eigenvalue weighted by Gasteiger charge is -2.18. The van der Waals surface area contributed by atoms with Gasteiger partial charge in [-0.25, -0.2) is 9.59 Å². The summed E-state index contributed by atoms with van der Waals surface area (Å²) in [4.78, 5) is 24.8. The number of hydrogen-bond donors (Lipinski definition) is 0. The predicted molar refractivity (Wildman–Crippen MR) is 114 cm³/mol. The van der Waals surface area contributed by atoms with Crippen molar-refractivity contribution in [2.45, 2.75) is 104 Å². The lowest BCUT2D eigenvalue weighted by atomic mass is 10.1. The molecule has 1 aromatic carbocycles. The van der Waals surface area contributed by atoms with Crippen LogP contribution in [0, 0.1) is 0 Å². The van der Waals surface area contributed by atoms with E-state index in [4.69, 9.17) is 9.47 Å². The summed E-state index contributed by atoms with van der Waals surface area (Å²) in [5, 5.41) is 0. The minimum absolute atomic E-state index is 0.0320. The van der Waals surface area contributed by atoms with Crippen LogP contribution in [0.25, 0.3) is 0 Å². The number of ether oxygens (including phenoxy) is 2. The van der Waals surface area contributed by atoms with Gasteiger partial charge in [-0.15, -0.1) is 0 Å². The topological polar surface area (TPSA) is 52.6 Å². The van der Waals surface area contributed by atoms with E-state index in [0.29, 0.717) is 11.1 Å². The molecule has 0 saturated heterocycles. The van der Waals surface area contributed by atoms with Crippen LogP contribution >= 0.6 is 0 Å². The number of unbranched alkanes of at least 4 members (excludes halogenated alkanes) is 2. The number of hydrogen-bond acceptors (Lipinski definition) is 4. The van der Waals surface area contributed by atoms with E-state index in [-0.39, 0.29) is 24.1 Å². The summed E-state index contributed by atoms with van der Waals surface area (Å²) in [6.07, 6.45) is 9.77. The van der Waals surface area contributed by atoms with Crippen LogP contribution < -0.4 is 0 Å². The fourth-order valence-electron chi connectivity index (χ4n) is 3.21. The van der Waals surface area contributed by atoms with Gasteiger partial charge in [-0.3, -0.25) is 0 Å². The Bertz CT molecular complexity index is 513. The lowest BCUT2D eigenvalue weighted by molar-refractivity contribution is 0.0240. The van der Waals surface area contributed by atoms with E-state index in [9.17, 15) is 9.59 Å². The summed E-state index contributed by atoms with van der Waals surface area (Å²) < 4.78 is 11.3. The molecule has 0 heterocycles. The molecule has 4 heteroatoms. The van der Waals surface area contributed by atoms with Gasteiger partial charge in [0.1, 0.15) is 12.2 Å². The van der Waals surface area contributed by atoms with Crippen LogP contribution in [-0.4, -0.2) is 24.1 Å². The molecular formula is C24H38O4. The van der Waals surface area contributed by atoms with Gasteiger partial charge in [0.2, 0.25) is 0 Å². The molecule has 0 aliphatic rings. The van der Waals surface area contributed by atoms with Crippen LogP contribution in [0.15, 0.2) is 24.3 Å². The Labute approximate surface area is 171 Å². The predicted octanol–water partition coefficient (Wildman–Crippen LogP) is 6.72. The molecule has 0 aromatic heterocycles. The van der Waals surface area contributed by atoms with Crippen molar-refractivity contribution in [1.82, 2.24) is 0 Å². The minimum Gasteiger partial charge on any atom is -0.459 e. The highest BCUT2D eigenvalue weighted by Gasteiger charge is 2.18. The third kappa shape index (κ3) is 8.90. The summed E-state index contributed by atoms with van der Waals surface area (Å²) in [7, 11) is 0. The van der Waals surface area contributed by atoms with Crippen molar-refractivity contribution < 1.29 is 19.1 Å². The monoisotopic (exact) mass is 390 g/mol. The second-order valence-corrected chi connectivity index (χ2v) is 7.49. The molecule has 0 bridgehead atoms. The molecule has 28 heavy (non-hydrogen) atoms. The van der Waals surface area contributed by atoms with E-state index in [2.05, 4.69) is 27.7 Å². The number of rotatable bonds is 14. The molecule has 1 rings (SSSR count). The average Bonchev–Trinajstić information content (AvgIpc) is 2.70. The summed E-state index contributed by atoms with van der Waals surface area (Å²) in [6, 6.07) is 6.62. The number of benzene rings is 1. The third-order valence-corrected chi connectivity index (χ3v) is 4.88. The molecule has 0 aliphatic carbocycles. The Morgan fingerprint density at radius 3 is 1.29 bits per heavy atom. The van der Waals surface area contributed by atoms with E-state index in [0.717, 1.165) is 64.2 Å². The highest BCUT2D eigenvalue weighted by Crippen LogP contribution is 2.17. The zero-order valence-electron chi connectivity index (χ0n) is 18.2. The zero-order chi connectivity index (χ0) is 20.8. The molecule has 2 unspecified atom stereocenters. The van der Waals surface area contributed by atoms with Crippen LogP contribution in [0.1, 0.15) is 113 Å². The van der Waals surface area contributed by atoms with Gasteiger partial charge in [-0.1, -0.05) is 66.2 Å². The van der Waals surface area contributed by atoms with Gasteiger partial charge in [0.25, 0.3) is 0 Å². The Morgan fingerprint density at radius 1 is 0.643 bits per heavy atom. The van der Waals surface area contributed by atoms with E-state index in [1.165, 1.54) is 0 Å². The molecule has 0 radical (unpaired) electrons. The van der Waals surface area contributed by atoms with E-state index < -0.39 is 0 Å². The van der Waals surface area contributed by atoms with Gasteiger partial charge in [-0.05, 0) is 49.9 Å². The molecule has 1 aromatic rings. The summed E-state index contributed by atoms with van der Waals surface area (Å²) in [6.45, 7) is 8.46. The summed E-state index contributed by atoms with van der Waals surface area (Å²) >= 11 is 0. The minimum atomic E-state index is -0.318. The highest BCUT2D eigenvalue weighted by molar-refractivity contribution is 5.93. The Balaban J connectivity index is 2.67. The molecule has 2 atom stereocenters. The zero-order valence-corrected chi connectivity index (χ0v) is 18.2. The standard InChI is InChI=1S/C24H38O4/c1-5-9-13-21(11-7-3)27-23(25)19-15-17-20(18-16-19)24(26)28-22(12-8-4)14-10-6-2/h15-18,21-22H,5-14H2,1-4H3. The molecule has 4 nitrogen and oxygen atoms in total. The quantitative estimate of drug-likeness (QED) is 0.331. The maximum atomic E-state index is 12.4. The fraction of sp³-hybridized carbons (Fsp3) is 0.667. The largest absolute Gasteiger partial charge is 0.459 e. The van der Waals surface area contributed by atoms with Crippen molar-refractivity contribution >= 4 is 11.9 Å². The van der Waals surface area contributed by atoms with Crippen LogP contribution in [-0.2, 0) is 9.47 Å². The van der Waals surface area contributed by atoms with Crippen LogP contribution in [0.3, 0.4) is 0 Å². The first-order valence-electron chi connectivity index (χ1n) is 11.1. The highest BCUT2D eigenvalue weighted by atomic mass is 16.5. The van der Waals surface area contributed by atoms with Gasteiger partial charge < -0.3 is 9.47 Å². The van der Waals surface area contributed by atoms with Crippen molar-refractivity contribution in [2.24, 2.45) is 0 Å². The third-order valence-electron chi connectivity index (χ3n) is 4.88. The first-order valence-corrected chi connectivity index (χ1v) is 11.1. The Hall–Kier alpha value is -1.84. The van der Waals surface area contributed by atoms with Crippen LogP contribution in [0.4, 0.5) is 0 Å². The molecule has 0 spiro atoms. The molecule has 0 amide bonds. The lowest BCUT2D eigenvalue weighted by Crippen LogP contribution is -2.19. The number of carbonyl (C=O) groups is 2. The van der Waals surface area contributed by atoms with Crippen molar-refractivity contribution in [3.8, 4) is 0 Å². The van der Waals surface area contributed by atoms with E-state index in [1.807, 2.05) is 0 Å². The second-order valence-electron chi connectivity index (χ2n) is 7.49. The first-order chi connectivity index (χ1) is 13.5.